The second-order valence-electron chi connectivity index (χ2n) is 10.3. The summed E-state index contributed by atoms with van der Waals surface area (Å²) < 4.78 is 12.0. The molecule has 0 unspecified atom stereocenters. The van der Waals surface area contributed by atoms with Crippen LogP contribution in [-0.2, 0) is 9.59 Å². The molecule has 2 aliphatic rings. The minimum absolute atomic E-state index is 0.224. The van der Waals surface area contributed by atoms with Crippen LogP contribution in [0.5, 0.6) is 0 Å². The summed E-state index contributed by atoms with van der Waals surface area (Å²) in [6.45, 7) is 0. The van der Waals surface area contributed by atoms with Gasteiger partial charge in [0.25, 0.3) is 11.6 Å². The Labute approximate surface area is 235 Å². The normalized spacial score (nSPS) is 14.8. The molecule has 0 spiro atoms. The van der Waals surface area contributed by atoms with E-state index in [1.807, 2.05) is 60.7 Å². The number of anilines is 4. The van der Waals surface area contributed by atoms with Crippen molar-refractivity contribution in [2.75, 3.05) is 9.80 Å². The number of benzene rings is 5. The van der Waals surface area contributed by atoms with Crippen LogP contribution in [0, 0.1) is 0 Å². The molecule has 0 fully saturated rings. The highest BCUT2D eigenvalue weighted by molar-refractivity contribution is 6.56. The van der Waals surface area contributed by atoms with Crippen LogP contribution < -0.4 is 9.80 Å². The fourth-order valence-electron chi connectivity index (χ4n) is 6.27. The molecule has 0 saturated heterocycles. The molecule has 2 amide bonds. The van der Waals surface area contributed by atoms with Crippen LogP contribution in [0.2, 0.25) is 0 Å². The summed E-state index contributed by atoms with van der Waals surface area (Å²) in [5, 5.41) is 3.25. The molecule has 0 atom stereocenters. The fraction of sp³-hybridized carbons (Fsp3) is 0. The Kier molecular flexibility index (Phi) is 4.22. The van der Waals surface area contributed by atoms with Crippen molar-refractivity contribution in [3.63, 3.8) is 0 Å². The van der Waals surface area contributed by atoms with Gasteiger partial charge in [0, 0.05) is 32.9 Å². The smallest absolute Gasteiger partial charge is 0.304 e. The van der Waals surface area contributed by atoms with Gasteiger partial charge in [0.15, 0.2) is 0 Å². The van der Waals surface area contributed by atoms with E-state index in [0.29, 0.717) is 45.1 Å². The highest BCUT2D eigenvalue weighted by Crippen LogP contribution is 2.45. The molecule has 42 heavy (non-hydrogen) atoms. The lowest BCUT2D eigenvalue weighted by Gasteiger charge is -2.20. The summed E-state index contributed by atoms with van der Waals surface area (Å²) in [4.78, 5) is 55.5. The molecule has 5 aromatic carbocycles. The lowest BCUT2D eigenvalue weighted by Crippen LogP contribution is -2.26. The molecule has 2 aliphatic heterocycles. The predicted molar refractivity (Wildman–Crippen MR) is 157 cm³/mol. The van der Waals surface area contributed by atoms with Gasteiger partial charge in [-0.15, -0.1) is 0 Å². The summed E-state index contributed by atoms with van der Waals surface area (Å²) in [5.74, 6) is -2.70. The van der Waals surface area contributed by atoms with E-state index in [4.69, 9.17) is 8.83 Å². The Bertz CT molecular complexity index is 2230. The molecule has 2 aromatic heterocycles. The first kappa shape index (κ1) is 22.8. The van der Waals surface area contributed by atoms with Crippen LogP contribution in [0.4, 0.5) is 22.7 Å². The van der Waals surface area contributed by atoms with Crippen LogP contribution in [0.3, 0.4) is 0 Å². The van der Waals surface area contributed by atoms with Crippen molar-refractivity contribution in [3.8, 4) is 0 Å². The number of para-hydroxylation sites is 2. The van der Waals surface area contributed by atoms with Gasteiger partial charge in [-0.05, 0) is 60.7 Å². The molecule has 7 aromatic rings. The van der Waals surface area contributed by atoms with Crippen molar-refractivity contribution < 1.29 is 28.0 Å². The Balaban J connectivity index is 1.14. The molecule has 0 radical (unpaired) electrons. The van der Waals surface area contributed by atoms with Gasteiger partial charge in [0.1, 0.15) is 22.3 Å². The van der Waals surface area contributed by atoms with Gasteiger partial charge in [-0.2, -0.15) is 0 Å². The molecule has 0 bridgehead atoms. The van der Waals surface area contributed by atoms with Crippen LogP contribution in [0.1, 0.15) is 20.7 Å². The van der Waals surface area contributed by atoms with Crippen molar-refractivity contribution in [1.29, 1.82) is 0 Å². The highest BCUT2D eigenvalue weighted by Gasteiger charge is 2.42. The van der Waals surface area contributed by atoms with Crippen molar-refractivity contribution in [2.45, 2.75) is 0 Å². The zero-order valence-corrected chi connectivity index (χ0v) is 21.6. The maximum absolute atomic E-state index is 13.2. The van der Waals surface area contributed by atoms with E-state index in [1.54, 1.807) is 36.4 Å². The maximum atomic E-state index is 13.2. The number of furan rings is 2. The van der Waals surface area contributed by atoms with E-state index < -0.39 is 23.4 Å². The molecule has 0 aliphatic carbocycles. The van der Waals surface area contributed by atoms with Crippen molar-refractivity contribution >= 4 is 90.0 Å². The monoisotopic (exact) mass is 548 g/mol. The van der Waals surface area contributed by atoms with Gasteiger partial charge in [-0.1, -0.05) is 36.4 Å². The summed E-state index contributed by atoms with van der Waals surface area (Å²) in [7, 11) is 0. The largest absolute Gasteiger partial charge is 0.455 e. The fourth-order valence-corrected chi connectivity index (χ4v) is 6.27. The first-order chi connectivity index (χ1) is 20.5. The third-order valence-electron chi connectivity index (χ3n) is 8.15. The number of nitrogens with zero attached hydrogens (tertiary/aromatic N) is 2. The first-order valence-electron chi connectivity index (χ1n) is 13.3. The van der Waals surface area contributed by atoms with Crippen LogP contribution in [-0.4, -0.2) is 23.4 Å². The molecule has 9 rings (SSSR count). The SMILES string of the molecule is O=C1C(=O)N(c2ccc(N3C(=O)C(=O)c4c3ccc3c4oc4ccccc43)cc2)c2ccc3c(oc4ccccc43)c21. The molecule has 8 nitrogen and oxygen atoms in total. The quantitative estimate of drug-likeness (QED) is 0.212. The zero-order valence-electron chi connectivity index (χ0n) is 21.6. The van der Waals surface area contributed by atoms with Crippen molar-refractivity contribution in [1.82, 2.24) is 0 Å². The number of amides is 2. The lowest BCUT2D eigenvalue weighted by atomic mass is 10.1. The molecular formula is C34H16N2O6. The lowest BCUT2D eigenvalue weighted by molar-refractivity contribution is -0.114. The van der Waals surface area contributed by atoms with Crippen LogP contribution >= 0.6 is 0 Å². The van der Waals surface area contributed by atoms with Gasteiger partial charge >= 0.3 is 11.8 Å². The Morgan fingerprint density at radius 1 is 0.429 bits per heavy atom. The number of Topliss-reactive ketones (excluding diaryl/α,β-unsaturated/α-hetero) is 2. The minimum atomic E-state index is -0.698. The van der Waals surface area contributed by atoms with E-state index in [-0.39, 0.29) is 11.1 Å². The predicted octanol–water partition coefficient (Wildman–Crippen LogP) is 7.21. The van der Waals surface area contributed by atoms with Gasteiger partial charge in [0.2, 0.25) is 0 Å². The Morgan fingerprint density at radius 2 is 0.833 bits per heavy atom. The number of rotatable bonds is 2. The van der Waals surface area contributed by atoms with Crippen LogP contribution in [0.15, 0.2) is 106 Å². The second-order valence-corrected chi connectivity index (χ2v) is 10.3. The topological polar surface area (TPSA) is 101 Å². The number of carbonyl (C=O) groups is 4. The molecule has 8 heteroatoms. The average molecular weight is 549 g/mol. The molecule has 198 valence electrons. The number of hydrogen-bond donors (Lipinski definition) is 0. The van der Waals surface area contributed by atoms with E-state index in [2.05, 4.69) is 0 Å². The summed E-state index contributed by atoms with van der Waals surface area (Å²) in [6.07, 6.45) is 0. The zero-order chi connectivity index (χ0) is 28.3. The minimum Gasteiger partial charge on any atom is -0.455 e. The van der Waals surface area contributed by atoms with Gasteiger partial charge in [-0.3, -0.25) is 29.0 Å². The molecule has 4 heterocycles. The molecular weight excluding hydrogens is 532 g/mol. The van der Waals surface area contributed by atoms with Gasteiger partial charge in [0.05, 0.1) is 22.5 Å². The number of fused-ring (bicyclic) bond motifs is 10. The molecule has 0 N–H and O–H groups in total. The third kappa shape index (κ3) is 2.75. The Hall–Kier alpha value is -6.02. The average Bonchev–Trinajstić information content (AvgIpc) is 3.72. The second kappa shape index (κ2) is 7.80. The standard InChI is InChI=1S/C34H16N2O6/c37-29-27-23(15-13-21-19-5-1-3-7-25(19)41-31(21)27)35(33(29)39)17-9-11-18(12-10-17)36-24-16-14-22-20-6-2-4-8-26(20)42-32(22)28(24)30(38)34(36)40/h1-16H. The maximum Gasteiger partial charge on any atom is 0.304 e. The summed E-state index contributed by atoms with van der Waals surface area (Å²) >= 11 is 0. The Morgan fingerprint density at radius 3 is 1.26 bits per heavy atom. The number of carbonyl (C=O) groups excluding carboxylic acids is 4. The third-order valence-corrected chi connectivity index (χ3v) is 8.15. The molecule has 0 saturated carbocycles. The first-order valence-corrected chi connectivity index (χ1v) is 13.3. The van der Waals surface area contributed by atoms with E-state index in [9.17, 15) is 19.2 Å². The van der Waals surface area contributed by atoms with Crippen LogP contribution in [0.25, 0.3) is 43.9 Å². The number of hydrogen-bond acceptors (Lipinski definition) is 6. The van der Waals surface area contributed by atoms with Crippen molar-refractivity contribution in [3.05, 3.63) is 108 Å². The van der Waals surface area contributed by atoms with E-state index in [1.165, 1.54) is 9.80 Å². The van der Waals surface area contributed by atoms with E-state index in [0.717, 1.165) is 21.5 Å². The summed E-state index contributed by atoms with van der Waals surface area (Å²) in [6, 6.07) is 28.7. The highest BCUT2D eigenvalue weighted by atomic mass is 16.3. The number of ketones is 2. The van der Waals surface area contributed by atoms with Crippen molar-refractivity contribution in [2.24, 2.45) is 0 Å². The summed E-state index contributed by atoms with van der Waals surface area (Å²) in [5.41, 5.74) is 4.20. The van der Waals surface area contributed by atoms with Gasteiger partial charge < -0.3 is 8.83 Å². The van der Waals surface area contributed by atoms with Gasteiger partial charge in [-0.25, -0.2) is 0 Å². The van der Waals surface area contributed by atoms with E-state index >= 15 is 0 Å².